The summed E-state index contributed by atoms with van der Waals surface area (Å²) < 4.78 is 51.2. The normalized spacial score (nSPS) is 15.0. The number of carbonyl (C=O) groups excluding carboxylic acids is 1. The number of nitrogens with one attached hydrogen (secondary N) is 2. The fraction of sp³-hybridized carbons (Fsp3) is 0.500. The van der Waals surface area contributed by atoms with Gasteiger partial charge in [0, 0.05) is 6.54 Å². The van der Waals surface area contributed by atoms with E-state index < -0.39 is 17.6 Å². The van der Waals surface area contributed by atoms with Crippen LogP contribution in [-0.4, -0.2) is 19.0 Å². The maximum Gasteiger partial charge on any atom is 0.416 e. The number of hydrogen-bond donors (Lipinski definition) is 2. The summed E-state index contributed by atoms with van der Waals surface area (Å²) in [5, 5.41) is 5.34. The summed E-state index contributed by atoms with van der Waals surface area (Å²) in [5.41, 5.74) is -1.21. The van der Waals surface area contributed by atoms with E-state index in [2.05, 4.69) is 10.6 Å². The zero-order chi connectivity index (χ0) is 15.5. The van der Waals surface area contributed by atoms with Crippen molar-refractivity contribution in [1.29, 1.82) is 0 Å². The van der Waals surface area contributed by atoms with E-state index >= 15 is 0 Å². The van der Waals surface area contributed by atoms with Crippen LogP contribution in [0, 0.1) is 11.7 Å². The van der Waals surface area contributed by atoms with Crippen LogP contribution in [0.2, 0.25) is 0 Å². The van der Waals surface area contributed by atoms with Crippen molar-refractivity contribution in [1.82, 2.24) is 10.6 Å². The second-order valence-electron chi connectivity index (χ2n) is 5.15. The first-order chi connectivity index (χ1) is 9.86. The highest BCUT2D eigenvalue weighted by atomic mass is 19.4. The van der Waals surface area contributed by atoms with E-state index in [0.29, 0.717) is 12.0 Å². The second-order valence-corrected chi connectivity index (χ2v) is 5.15. The predicted molar refractivity (Wildman–Crippen MR) is 68.8 cm³/mol. The molecular weight excluding hydrogens is 288 g/mol. The molecule has 1 amide bonds. The molecule has 7 heteroatoms. The highest BCUT2D eigenvalue weighted by Crippen LogP contribution is 2.32. The third-order valence-electron chi connectivity index (χ3n) is 3.27. The van der Waals surface area contributed by atoms with Gasteiger partial charge in [-0.05, 0) is 43.0 Å². The Morgan fingerprint density at radius 1 is 1.29 bits per heavy atom. The zero-order valence-corrected chi connectivity index (χ0v) is 11.3. The van der Waals surface area contributed by atoms with Crippen LogP contribution in [0.3, 0.4) is 0 Å². The number of amides is 1. The lowest BCUT2D eigenvalue weighted by atomic mass is 10.1. The molecule has 0 radical (unpaired) electrons. The number of carbonyl (C=O) groups is 1. The molecule has 2 rings (SSSR count). The van der Waals surface area contributed by atoms with Crippen LogP contribution in [0.25, 0.3) is 0 Å². The second kappa shape index (κ2) is 6.43. The molecule has 0 spiro atoms. The summed E-state index contributed by atoms with van der Waals surface area (Å²) in [6.07, 6.45) is -2.34. The molecule has 2 N–H and O–H groups in total. The van der Waals surface area contributed by atoms with Gasteiger partial charge in [-0.15, -0.1) is 0 Å². The van der Waals surface area contributed by atoms with E-state index in [1.807, 2.05) is 0 Å². The molecular formula is C14H16F4N2O. The lowest BCUT2D eigenvalue weighted by Crippen LogP contribution is -2.34. The number of benzene rings is 1. The topological polar surface area (TPSA) is 41.1 Å². The summed E-state index contributed by atoms with van der Waals surface area (Å²) in [7, 11) is 0. The first-order valence-corrected chi connectivity index (χ1v) is 6.69. The molecule has 0 saturated heterocycles. The Morgan fingerprint density at radius 2 is 2.00 bits per heavy atom. The minimum atomic E-state index is -4.65. The van der Waals surface area contributed by atoms with E-state index in [0.717, 1.165) is 31.5 Å². The summed E-state index contributed by atoms with van der Waals surface area (Å²) in [6, 6.07) is 2.42. The van der Waals surface area contributed by atoms with Crippen molar-refractivity contribution in [3.63, 3.8) is 0 Å². The molecule has 21 heavy (non-hydrogen) atoms. The third-order valence-corrected chi connectivity index (χ3v) is 3.27. The Hall–Kier alpha value is -1.63. The SMILES string of the molecule is O=C(CNCC1CC1)NCc1ccc(F)cc1C(F)(F)F. The molecule has 0 aliphatic heterocycles. The number of alkyl halides is 3. The van der Waals surface area contributed by atoms with Crippen molar-refractivity contribution in [3.05, 3.63) is 35.1 Å². The van der Waals surface area contributed by atoms with Crippen LogP contribution >= 0.6 is 0 Å². The summed E-state index contributed by atoms with van der Waals surface area (Å²) in [6.45, 7) is 0.538. The van der Waals surface area contributed by atoms with Gasteiger partial charge < -0.3 is 10.6 Å². The van der Waals surface area contributed by atoms with E-state index in [4.69, 9.17) is 0 Å². The van der Waals surface area contributed by atoms with Crippen LogP contribution in [0.1, 0.15) is 24.0 Å². The molecule has 1 aromatic carbocycles. The smallest absolute Gasteiger partial charge is 0.351 e. The molecule has 116 valence electrons. The average Bonchev–Trinajstić information content (AvgIpc) is 3.20. The van der Waals surface area contributed by atoms with Crippen LogP contribution in [0.5, 0.6) is 0 Å². The molecule has 1 aromatic rings. The minimum Gasteiger partial charge on any atom is -0.351 e. The maximum absolute atomic E-state index is 12.9. The van der Waals surface area contributed by atoms with Gasteiger partial charge in [-0.3, -0.25) is 4.79 Å². The molecule has 1 saturated carbocycles. The van der Waals surface area contributed by atoms with Crippen molar-refractivity contribution in [2.75, 3.05) is 13.1 Å². The van der Waals surface area contributed by atoms with E-state index in [9.17, 15) is 22.4 Å². The summed E-state index contributed by atoms with van der Waals surface area (Å²) in [5.74, 6) is -0.719. The Balaban J connectivity index is 1.88. The lowest BCUT2D eigenvalue weighted by Gasteiger charge is -2.13. The molecule has 3 nitrogen and oxygen atoms in total. The van der Waals surface area contributed by atoms with Crippen molar-refractivity contribution < 1.29 is 22.4 Å². The van der Waals surface area contributed by atoms with E-state index in [-0.39, 0.29) is 24.6 Å². The Kier molecular flexibility index (Phi) is 4.82. The Morgan fingerprint density at radius 3 is 2.62 bits per heavy atom. The average molecular weight is 304 g/mol. The molecule has 0 unspecified atom stereocenters. The highest BCUT2D eigenvalue weighted by Gasteiger charge is 2.33. The summed E-state index contributed by atoms with van der Waals surface area (Å²) >= 11 is 0. The standard InChI is InChI=1S/C14H16F4N2O/c15-11-4-3-10(12(5-11)14(16,17)18)7-20-13(21)8-19-6-9-1-2-9/h3-5,9,19H,1-2,6-8H2,(H,20,21). The van der Waals surface area contributed by atoms with Gasteiger partial charge >= 0.3 is 6.18 Å². The highest BCUT2D eigenvalue weighted by molar-refractivity contribution is 5.78. The van der Waals surface area contributed by atoms with Gasteiger partial charge in [0.2, 0.25) is 5.91 Å². The third kappa shape index (κ3) is 5.00. The van der Waals surface area contributed by atoms with Crippen LogP contribution in [0.15, 0.2) is 18.2 Å². The number of halogens is 4. The van der Waals surface area contributed by atoms with Gasteiger partial charge in [-0.2, -0.15) is 13.2 Å². The maximum atomic E-state index is 12.9. The van der Waals surface area contributed by atoms with Gasteiger partial charge in [0.15, 0.2) is 0 Å². The van der Waals surface area contributed by atoms with Gasteiger partial charge in [0.25, 0.3) is 0 Å². The van der Waals surface area contributed by atoms with Gasteiger partial charge in [0.05, 0.1) is 12.1 Å². The first-order valence-electron chi connectivity index (χ1n) is 6.69. The molecule has 1 aliphatic rings. The van der Waals surface area contributed by atoms with Gasteiger partial charge in [-0.25, -0.2) is 4.39 Å². The van der Waals surface area contributed by atoms with Crippen molar-refractivity contribution in [2.24, 2.45) is 5.92 Å². The van der Waals surface area contributed by atoms with Crippen LogP contribution in [0.4, 0.5) is 17.6 Å². The predicted octanol–water partition coefficient (Wildman–Crippen LogP) is 2.46. The summed E-state index contributed by atoms with van der Waals surface area (Å²) in [4.78, 5) is 11.5. The van der Waals surface area contributed by atoms with E-state index in [1.165, 1.54) is 0 Å². The van der Waals surface area contributed by atoms with Crippen LogP contribution in [-0.2, 0) is 17.5 Å². The zero-order valence-electron chi connectivity index (χ0n) is 11.3. The van der Waals surface area contributed by atoms with Crippen molar-refractivity contribution in [3.8, 4) is 0 Å². The fourth-order valence-electron chi connectivity index (χ4n) is 1.93. The molecule has 0 heterocycles. The molecule has 0 atom stereocenters. The Labute approximate surface area is 119 Å². The minimum absolute atomic E-state index is 0.0685. The molecule has 1 fully saturated rings. The van der Waals surface area contributed by atoms with Gasteiger partial charge in [0.1, 0.15) is 5.82 Å². The molecule has 0 bridgehead atoms. The van der Waals surface area contributed by atoms with Crippen LogP contribution < -0.4 is 10.6 Å². The lowest BCUT2D eigenvalue weighted by molar-refractivity contribution is -0.138. The quantitative estimate of drug-likeness (QED) is 0.793. The largest absolute Gasteiger partial charge is 0.416 e. The van der Waals surface area contributed by atoms with Crippen molar-refractivity contribution >= 4 is 5.91 Å². The van der Waals surface area contributed by atoms with Crippen molar-refractivity contribution in [2.45, 2.75) is 25.6 Å². The number of hydrogen-bond acceptors (Lipinski definition) is 2. The molecule has 1 aliphatic carbocycles. The Bertz CT molecular complexity index is 512. The molecule has 0 aromatic heterocycles. The fourth-order valence-corrected chi connectivity index (χ4v) is 1.93. The van der Waals surface area contributed by atoms with E-state index in [1.54, 1.807) is 0 Å². The number of rotatable bonds is 6. The van der Waals surface area contributed by atoms with Gasteiger partial charge in [-0.1, -0.05) is 6.07 Å². The first kappa shape index (κ1) is 15.8. The monoisotopic (exact) mass is 304 g/mol.